The average molecular weight is 239 g/mol. The lowest BCUT2D eigenvalue weighted by Gasteiger charge is -2.13. The van der Waals surface area contributed by atoms with Crippen molar-refractivity contribution in [2.45, 2.75) is 26.9 Å². The van der Waals surface area contributed by atoms with Crippen LogP contribution < -0.4 is 15.2 Å². The Morgan fingerprint density at radius 3 is 2.47 bits per heavy atom. The lowest BCUT2D eigenvalue weighted by Crippen LogP contribution is -2.08. The lowest BCUT2D eigenvalue weighted by atomic mass is 10.3. The molecule has 4 nitrogen and oxygen atoms in total. The molecule has 2 N–H and O–H groups in total. The van der Waals surface area contributed by atoms with Gasteiger partial charge in [-0.1, -0.05) is 0 Å². The fourth-order valence-electron chi connectivity index (χ4n) is 1.38. The van der Waals surface area contributed by atoms with Crippen LogP contribution in [-0.2, 0) is 4.74 Å². The van der Waals surface area contributed by atoms with Crippen LogP contribution in [0.2, 0.25) is 0 Å². The summed E-state index contributed by atoms with van der Waals surface area (Å²) in [5.74, 6) is 1.44. The summed E-state index contributed by atoms with van der Waals surface area (Å²) in [6.07, 6.45) is 0.119. The summed E-state index contributed by atoms with van der Waals surface area (Å²) in [7, 11) is 0. The maximum atomic E-state index is 5.77. The zero-order chi connectivity index (χ0) is 12.7. The molecule has 0 unspecified atom stereocenters. The van der Waals surface area contributed by atoms with Crippen LogP contribution in [0.25, 0.3) is 0 Å². The van der Waals surface area contributed by atoms with E-state index in [0.717, 1.165) is 5.75 Å². The summed E-state index contributed by atoms with van der Waals surface area (Å²) in [6, 6.07) is 5.40. The second-order valence-corrected chi connectivity index (χ2v) is 3.95. The molecular formula is C13H21NO3. The zero-order valence-electron chi connectivity index (χ0n) is 10.7. The first-order valence-electron chi connectivity index (χ1n) is 5.89. The van der Waals surface area contributed by atoms with Gasteiger partial charge in [0, 0.05) is 30.5 Å². The van der Waals surface area contributed by atoms with Gasteiger partial charge in [-0.05, 0) is 20.8 Å². The number of hydrogen-bond donors (Lipinski definition) is 1. The molecule has 4 heteroatoms. The van der Waals surface area contributed by atoms with Crippen molar-refractivity contribution in [3.8, 4) is 11.5 Å². The van der Waals surface area contributed by atoms with Crippen LogP contribution >= 0.6 is 0 Å². The molecule has 1 aromatic rings. The van der Waals surface area contributed by atoms with E-state index in [4.69, 9.17) is 19.9 Å². The zero-order valence-corrected chi connectivity index (χ0v) is 10.7. The highest BCUT2D eigenvalue weighted by Gasteiger charge is 2.03. The van der Waals surface area contributed by atoms with Crippen molar-refractivity contribution in [3.63, 3.8) is 0 Å². The van der Waals surface area contributed by atoms with Crippen LogP contribution in [-0.4, -0.2) is 25.9 Å². The highest BCUT2D eigenvalue weighted by Crippen LogP contribution is 2.25. The van der Waals surface area contributed by atoms with E-state index in [1.807, 2.05) is 26.8 Å². The monoisotopic (exact) mass is 239 g/mol. The van der Waals surface area contributed by atoms with Crippen LogP contribution in [0.5, 0.6) is 11.5 Å². The lowest BCUT2D eigenvalue weighted by molar-refractivity contribution is 0.110. The molecule has 0 heterocycles. The smallest absolute Gasteiger partial charge is 0.125 e. The molecule has 0 radical (unpaired) electrons. The molecule has 0 aliphatic rings. The van der Waals surface area contributed by atoms with E-state index in [-0.39, 0.29) is 6.10 Å². The van der Waals surface area contributed by atoms with Crippen LogP contribution in [0, 0.1) is 0 Å². The van der Waals surface area contributed by atoms with Crippen molar-refractivity contribution in [1.82, 2.24) is 0 Å². The van der Waals surface area contributed by atoms with E-state index >= 15 is 0 Å². The predicted molar refractivity (Wildman–Crippen MR) is 68.6 cm³/mol. The maximum absolute atomic E-state index is 5.77. The Kier molecular flexibility index (Phi) is 5.63. The van der Waals surface area contributed by atoms with Crippen LogP contribution in [0.15, 0.2) is 18.2 Å². The Bertz CT molecular complexity index is 339. The first-order valence-corrected chi connectivity index (χ1v) is 5.89. The molecular weight excluding hydrogens is 218 g/mol. The topological polar surface area (TPSA) is 53.7 Å². The van der Waals surface area contributed by atoms with E-state index in [9.17, 15) is 0 Å². The molecule has 0 fully saturated rings. The third kappa shape index (κ3) is 5.45. The van der Waals surface area contributed by atoms with E-state index < -0.39 is 0 Å². The molecule has 0 aliphatic heterocycles. The van der Waals surface area contributed by atoms with Gasteiger partial charge in [-0.25, -0.2) is 0 Å². The fourth-order valence-corrected chi connectivity index (χ4v) is 1.38. The Labute approximate surface area is 103 Å². The van der Waals surface area contributed by atoms with Gasteiger partial charge < -0.3 is 19.9 Å². The quantitative estimate of drug-likeness (QED) is 0.586. The first kappa shape index (κ1) is 13.6. The highest BCUT2D eigenvalue weighted by atomic mass is 16.5. The summed E-state index contributed by atoms with van der Waals surface area (Å²) in [4.78, 5) is 0. The minimum Gasteiger partial charge on any atom is -0.491 e. The predicted octanol–water partition coefficient (Wildman–Crippen LogP) is 2.47. The second-order valence-electron chi connectivity index (χ2n) is 3.95. The molecule has 0 spiro atoms. The van der Waals surface area contributed by atoms with Crippen LogP contribution in [0.4, 0.5) is 5.69 Å². The number of hydrogen-bond acceptors (Lipinski definition) is 4. The summed E-state index contributed by atoms with van der Waals surface area (Å²) < 4.78 is 16.3. The van der Waals surface area contributed by atoms with Gasteiger partial charge in [-0.3, -0.25) is 0 Å². The van der Waals surface area contributed by atoms with E-state index in [0.29, 0.717) is 31.3 Å². The normalized spacial score (nSPS) is 10.6. The number of benzene rings is 1. The number of rotatable bonds is 7. The van der Waals surface area contributed by atoms with Gasteiger partial charge >= 0.3 is 0 Å². The summed E-state index contributed by atoms with van der Waals surface area (Å²) in [5.41, 5.74) is 6.41. The molecule has 0 amide bonds. The van der Waals surface area contributed by atoms with Gasteiger partial charge in [0.1, 0.15) is 18.1 Å². The van der Waals surface area contributed by atoms with Gasteiger partial charge in [0.05, 0.1) is 12.7 Å². The molecule has 17 heavy (non-hydrogen) atoms. The van der Waals surface area contributed by atoms with Crippen molar-refractivity contribution >= 4 is 5.69 Å². The summed E-state index contributed by atoms with van der Waals surface area (Å²) >= 11 is 0. The maximum Gasteiger partial charge on any atom is 0.125 e. The Hall–Kier alpha value is -1.42. The number of ether oxygens (including phenoxy) is 3. The standard InChI is InChI=1S/C13H21NO3/c1-4-15-5-6-16-12-7-11(14)8-13(9-12)17-10(2)3/h7-10H,4-6,14H2,1-3H3. The van der Waals surface area contributed by atoms with Gasteiger partial charge in [0.15, 0.2) is 0 Å². The second kappa shape index (κ2) is 7.01. The van der Waals surface area contributed by atoms with Gasteiger partial charge in [-0.2, -0.15) is 0 Å². The summed E-state index contributed by atoms with van der Waals surface area (Å²) in [6.45, 7) is 7.68. The minimum atomic E-state index is 0.119. The number of anilines is 1. The Morgan fingerprint density at radius 1 is 1.12 bits per heavy atom. The molecule has 0 aliphatic carbocycles. The average Bonchev–Trinajstić information content (AvgIpc) is 2.22. The Balaban J connectivity index is 2.56. The minimum absolute atomic E-state index is 0.119. The molecule has 1 aromatic carbocycles. The van der Waals surface area contributed by atoms with Gasteiger partial charge in [0.25, 0.3) is 0 Å². The molecule has 0 bridgehead atoms. The van der Waals surface area contributed by atoms with Crippen molar-refractivity contribution in [1.29, 1.82) is 0 Å². The molecule has 0 atom stereocenters. The third-order valence-electron chi connectivity index (χ3n) is 1.97. The SMILES string of the molecule is CCOCCOc1cc(N)cc(OC(C)C)c1. The first-order chi connectivity index (χ1) is 8.11. The largest absolute Gasteiger partial charge is 0.491 e. The van der Waals surface area contributed by atoms with Crippen LogP contribution in [0.3, 0.4) is 0 Å². The number of nitrogens with two attached hydrogens (primary N) is 1. The molecule has 0 saturated carbocycles. The van der Waals surface area contributed by atoms with Crippen molar-refractivity contribution in [2.24, 2.45) is 0 Å². The Morgan fingerprint density at radius 2 is 1.82 bits per heavy atom. The van der Waals surface area contributed by atoms with Gasteiger partial charge in [0.2, 0.25) is 0 Å². The van der Waals surface area contributed by atoms with Gasteiger partial charge in [-0.15, -0.1) is 0 Å². The third-order valence-corrected chi connectivity index (χ3v) is 1.97. The summed E-state index contributed by atoms with van der Waals surface area (Å²) in [5, 5.41) is 0. The van der Waals surface area contributed by atoms with E-state index in [1.165, 1.54) is 0 Å². The number of nitrogen functional groups attached to an aromatic ring is 1. The highest BCUT2D eigenvalue weighted by molar-refractivity contribution is 5.50. The fraction of sp³-hybridized carbons (Fsp3) is 0.538. The van der Waals surface area contributed by atoms with Crippen molar-refractivity contribution in [3.05, 3.63) is 18.2 Å². The molecule has 0 aromatic heterocycles. The van der Waals surface area contributed by atoms with Crippen LogP contribution in [0.1, 0.15) is 20.8 Å². The van der Waals surface area contributed by atoms with Crippen molar-refractivity contribution < 1.29 is 14.2 Å². The van der Waals surface area contributed by atoms with Crippen molar-refractivity contribution in [2.75, 3.05) is 25.6 Å². The van der Waals surface area contributed by atoms with E-state index in [2.05, 4.69) is 0 Å². The molecule has 1 rings (SSSR count). The molecule has 0 saturated heterocycles. The van der Waals surface area contributed by atoms with E-state index in [1.54, 1.807) is 12.1 Å². The molecule has 96 valence electrons.